The van der Waals surface area contributed by atoms with E-state index in [0.29, 0.717) is 0 Å². The molecule has 10 nitrogen and oxygen atoms in total. The first kappa shape index (κ1) is 19.8. The van der Waals surface area contributed by atoms with Crippen LogP contribution in [0.3, 0.4) is 0 Å². The molecule has 0 saturated heterocycles. The smallest absolute Gasteiger partial charge is 0.345 e. The van der Waals surface area contributed by atoms with Gasteiger partial charge in [0.05, 0.1) is 25.2 Å². The molecule has 3 aromatic rings. The highest BCUT2D eigenvalue weighted by Crippen LogP contribution is 2.35. The molecule has 0 aliphatic heterocycles. The molecule has 0 amide bonds. The van der Waals surface area contributed by atoms with E-state index in [1.807, 2.05) is 31.2 Å². The molecule has 0 aliphatic carbocycles. The van der Waals surface area contributed by atoms with E-state index in [0.717, 1.165) is 17.2 Å². The fourth-order valence-corrected chi connectivity index (χ4v) is 2.59. The van der Waals surface area contributed by atoms with Gasteiger partial charge in [-0.05, 0) is 19.1 Å². The van der Waals surface area contributed by atoms with Crippen molar-refractivity contribution in [3.05, 3.63) is 63.5 Å². The highest BCUT2D eigenvalue weighted by molar-refractivity contribution is 5.95. The number of rotatable bonds is 7. The zero-order valence-corrected chi connectivity index (χ0v) is 15.9. The largest absolute Gasteiger partial charge is 0.493 e. The van der Waals surface area contributed by atoms with Crippen molar-refractivity contribution in [3.8, 4) is 23.0 Å². The fourth-order valence-electron chi connectivity index (χ4n) is 2.59. The predicted octanol–water partition coefficient (Wildman–Crippen LogP) is 3.33. The molecule has 0 atom stereocenters. The summed E-state index contributed by atoms with van der Waals surface area (Å²) in [6, 6.07) is 9.74. The SMILES string of the molecule is COc1cc(C(=O)OCc2nnc(-c3cccc(C)c3)o2)c([N+](=O)[O-])cc1OC. The Labute approximate surface area is 165 Å². The average molecular weight is 399 g/mol. The summed E-state index contributed by atoms with van der Waals surface area (Å²) in [6.45, 7) is 1.59. The lowest BCUT2D eigenvalue weighted by Gasteiger charge is -2.10. The maximum absolute atomic E-state index is 12.4. The third kappa shape index (κ3) is 4.32. The van der Waals surface area contributed by atoms with E-state index in [2.05, 4.69) is 10.2 Å². The van der Waals surface area contributed by atoms with Crippen LogP contribution in [0, 0.1) is 17.0 Å². The second-order valence-corrected chi connectivity index (χ2v) is 5.93. The van der Waals surface area contributed by atoms with Gasteiger partial charge in [0, 0.05) is 11.6 Å². The molecule has 0 N–H and O–H groups in total. The van der Waals surface area contributed by atoms with Crippen molar-refractivity contribution in [3.63, 3.8) is 0 Å². The van der Waals surface area contributed by atoms with E-state index in [9.17, 15) is 14.9 Å². The third-order valence-corrected chi connectivity index (χ3v) is 3.98. The van der Waals surface area contributed by atoms with E-state index >= 15 is 0 Å². The standard InChI is InChI=1S/C19H17N3O7/c1-11-5-4-6-12(7-11)18-21-20-17(29-18)10-28-19(23)13-8-15(26-2)16(27-3)9-14(13)22(24)25/h4-9H,10H2,1-3H3. The van der Waals surface area contributed by atoms with Crippen LogP contribution in [0.5, 0.6) is 11.5 Å². The van der Waals surface area contributed by atoms with Gasteiger partial charge in [0.25, 0.3) is 11.6 Å². The van der Waals surface area contributed by atoms with Crippen LogP contribution in [0.2, 0.25) is 0 Å². The van der Waals surface area contributed by atoms with Crippen molar-refractivity contribution in [2.45, 2.75) is 13.5 Å². The Morgan fingerprint density at radius 3 is 2.52 bits per heavy atom. The zero-order valence-electron chi connectivity index (χ0n) is 15.9. The number of carbonyl (C=O) groups excluding carboxylic acids is 1. The quantitative estimate of drug-likeness (QED) is 0.334. The molecule has 0 radical (unpaired) electrons. The minimum Gasteiger partial charge on any atom is -0.493 e. The van der Waals surface area contributed by atoms with E-state index in [-0.39, 0.29) is 35.5 Å². The Kier molecular flexibility index (Phi) is 5.72. The van der Waals surface area contributed by atoms with Crippen molar-refractivity contribution in [1.29, 1.82) is 0 Å². The Bertz CT molecular complexity index is 1060. The molecule has 150 valence electrons. The number of carbonyl (C=O) groups is 1. The topological polar surface area (TPSA) is 127 Å². The van der Waals surface area contributed by atoms with Crippen LogP contribution in [0.25, 0.3) is 11.5 Å². The van der Waals surface area contributed by atoms with Crippen molar-refractivity contribution in [2.75, 3.05) is 14.2 Å². The molecule has 2 aromatic carbocycles. The highest BCUT2D eigenvalue weighted by Gasteiger charge is 2.26. The molecule has 0 saturated carbocycles. The molecule has 0 fully saturated rings. The van der Waals surface area contributed by atoms with E-state index in [1.54, 1.807) is 0 Å². The zero-order chi connectivity index (χ0) is 21.0. The van der Waals surface area contributed by atoms with Gasteiger partial charge in [-0.15, -0.1) is 10.2 Å². The molecule has 0 bridgehead atoms. The summed E-state index contributed by atoms with van der Waals surface area (Å²) in [4.78, 5) is 23.0. The van der Waals surface area contributed by atoms with Gasteiger partial charge in [0.15, 0.2) is 18.1 Å². The van der Waals surface area contributed by atoms with Crippen molar-refractivity contribution < 1.29 is 28.3 Å². The molecular weight excluding hydrogens is 382 g/mol. The van der Waals surface area contributed by atoms with Crippen molar-refractivity contribution in [1.82, 2.24) is 10.2 Å². The summed E-state index contributed by atoms with van der Waals surface area (Å²) in [5, 5.41) is 19.1. The molecule has 0 spiro atoms. The highest BCUT2D eigenvalue weighted by atomic mass is 16.6. The van der Waals surface area contributed by atoms with Crippen LogP contribution in [-0.4, -0.2) is 35.3 Å². The summed E-state index contributed by atoms with van der Waals surface area (Å²) in [7, 11) is 2.69. The predicted molar refractivity (Wildman–Crippen MR) is 99.8 cm³/mol. The Balaban J connectivity index is 1.78. The number of aryl methyl sites for hydroxylation is 1. The molecule has 29 heavy (non-hydrogen) atoms. The van der Waals surface area contributed by atoms with E-state index in [4.69, 9.17) is 18.6 Å². The lowest BCUT2D eigenvalue weighted by molar-refractivity contribution is -0.385. The van der Waals surface area contributed by atoms with Crippen molar-refractivity contribution >= 4 is 11.7 Å². The summed E-state index contributed by atoms with van der Waals surface area (Å²) >= 11 is 0. The molecular formula is C19H17N3O7. The normalized spacial score (nSPS) is 10.4. The Morgan fingerprint density at radius 2 is 1.86 bits per heavy atom. The van der Waals surface area contributed by atoms with Crippen LogP contribution < -0.4 is 9.47 Å². The lowest BCUT2D eigenvalue weighted by atomic mass is 10.1. The van der Waals surface area contributed by atoms with Gasteiger partial charge in [-0.1, -0.05) is 17.7 Å². The number of hydrogen-bond acceptors (Lipinski definition) is 9. The molecule has 0 aliphatic rings. The van der Waals surface area contributed by atoms with Gasteiger partial charge in [-0.25, -0.2) is 4.79 Å². The Morgan fingerprint density at radius 1 is 1.14 bits per heavy atom. The summed E-state index contributed by atoms with van der Waals surface area (Å²) < 4.78 is 20.7. The van der Waals surface area contributed by atoms with Crippen LogP contribution >= 0.6 is 0 Å². The average Bonchev–Trinajstić information content (AvgIpc) is 3.20. The number of nitrogens with zero attached hydrogens (tertiary/aromatic N) is 3. The monoisotopic (exact) mass is 399 g/mol. The summed E-state index contributed by atoms with van der Waals surface area (Å²) in [5.74, 6) is -0.331. The first-order valence-electron chi connectivity index (χ1n) is 8.40. The number of ether oxygens (including phenoxy) is 3. The molecule has 1 heterocycles. The number of esters is 1. The minimum atomic E-state index is -0.937. The minimum absolute atomic E-state index is 0.0537. The van der Waals surface area contributed by atoms with Gasteiger partial charge >= 0.3 is 5.97 Å². The van der Waals surface area contributed by atoms with Crippen LogP contribution in [-0.2, 0) is 11.3 Å². The van der Waals surface area contributed by atoms with Crippen LogP contribution in [0.4, 0.5) is 5.69 Å². The maximum Gasteiger partial charge on any atom is 0.345 e. The number of benzene rings is 2. The fraction of sp³-hybridized carbons (Fsp3) is 0.211. The Hall–Kier alpha value is -3.95. The van der Waals surface area contributed by atoms with Gasteiger partial charge in [-0.3, -0.25) is 10.1 Å². The number of nitro groups is 1. The summed E-state index contributed by atoms with van der Waals surface area (Å²) in [5.41, 5.74) is 0.991. The number of aromatic nitrogens is 2. The third-order valence-electron chi connectivity index (χ3n) is 3.98. The van der Waals surface area contributed by atoms with Gasteiger partial charge in [0.2, 0.25) is 5.89 Å². The maximum atomic E-state index is 12.4. The van der Waals surface area contributed by atoms with E-state index < -0.39 is 16.6 Å². The lowest BCUT2D eigenvalue weighted by Crippen LogP contribution is -2.09. The summed E-state index contributed by atoms with van der Waals surface area (Å²) in [6.07, 6.45) is 0. The molecule has 0 unspecified atom stereocenters. The van der Waals surface area contributed by atoms with E-state index in [1.165, 1.54) is 20.3 Å². The van der Waals surface area contributed by atoms with Gasteiger partial charge in [0.1, 0.15) is 5.56 Å². The first-order chi connectivity index (χ1) is 13.9. The number of hydrogen-bond donors (Lipinski definition) is 0. The number of methoxy groups -OCH3 is 2. The molecule has 1 aromatic heterocycles. The van der Waals surface area contributed by atoms with Crippen molar-refractivity contribution in [2.24, 2.45) is 0 Å². The van der Waals surface area contributed by atoms with Crippen LogP contribution in [0.15, 0.2) is 40.8 Å². The van der Waals surface area contributed by atoms with Crippen LogP contribution in [0.1, 0.15) is 21.8 Å². The molecule has 3 rings (SSSR count). The van der Waals surface area contributed by atoms with Gasteiger partial charge < -0.3 is 18.6 Å². The molecule has 10 heteroatoms. The van der Waals surface area contributed by atoms with Gasteiger partial charge in [-0.2, -0.15) is 0 Å². The second kappa shape index (κ2) is 8.38. The first-order valence-corrected chi connectivity index (χ1v) is 8.40. The number of nitro benzene ring substituents is 1. The second-order valence-electron chi connectivity index (χ2n) is 5.93.